The van der Waals surface area contributed by atoms with E-state index in [1.54, 1.807) is 24.3 Å². The molecule has 6 heteroatoms. The monoisotopic (exact) mass is 379 g/mol. The summed E-state index contributed by atoms with van der Waals surface area (Å²) in [6.07, 6.45) is 3.14. The summed E-state index contributed by atoms with van der Waals surface area (Å²) in [6.45, 7) is 2.49. The van der Waals surface area contributed by atoms with Gasteiger partial charge in [-0.15, -0.1) is 0 Å². The Hall–Kier alpha value is -2.86. The number of amides is 2. The standard InChI is InChI=1S/C22H25N3O3/c26-21(15-25-12-11-16-4-1-2-6-20(16)25)24-18-9-7-17(8-10-18)22(27)23-14-19-5-3-13-28-19/h1-2,4,6-10,19H,3,5,11-15H2,(H,23,27)(H,24,26). The number of rotatable bonds is 6. The second-order valence-corrected chi connectivity index (χ2v) is 7.27. The molecule has 6 nitrogen and oxygen atoms in total. The second-order valence-electron chi connectivity index (χ2n) is 7.27. The van der Waals surface area contributed by atoms with Crippen LogP contribution in [0.2, 0.25) is 0 Å². The van der Waals surface area contributed by atoms with Crippen LogP contribution in [-0.4, -0.2) is 44.2 Å². The Bertz CT molecular complexity index is 844. The van der Waals surface area contributed by atoms with Crippen LogP contribution in [0.4, 0.5) is 11.4 Å². The van der Waals surface area contributed by atoms with E-state index >= 15 is 0 Å². The molecule has 2 heterocycles. The third kappa shape index (κ3) is 4.34. The third-order valence-electron chi connectivity index (χ3n) is 5.26. The molecule has 1 fully saturated rings. The summed E-state index contributed by atoms with van der Waals surface area (Å²) < 4.78 is 5.51. The predicted molar refractivity (Wildman–Crippen MR) is 109 cm³/mol. The van der Waals surface area contributed by atoms with Crippen molar-refractivity contribution in [3.05, 3.63) is 59.7 Å². The highest BCUT2D eigenvalue weighted by atomic mass is 16.5. The smallest absolute Gasteiger partial charge is 0.251 e. The van der Waals surface area contributed by atoms with Gasteiger partial charge in [0, 0.05) is 36.6 Å². The first-order valence-electron chi connectivity index (χ1n) is 9.81. The first kappa shape index (κ1) is 18.5. The van der Waals surface area contributed by atoms with Crippen LogP contribution in [0, 0.1) is 0 Å². The van der Waals surface area contributed by atoms with E-state index in [1.165, 1.54) is 5.56 Å². The van der Waals surface area contributed by atoms with Crippen molar-refractivity contribution in [2.24, 2.45) is 0 Å². The average molecular weight is 379 g/mol. The highest BCUT2D eigenvalue weighted by Gasteiger charge is 2.20. The van der Waals surface area contributed by atoms with Crippen LogP contribution in [0.5, 0.6) is 0 Å². The lowest BCUT2D eigenvalue weighted by molar-refractivity contribution is -0.115. The Labute approximate surface area is 164 Å². The van der Waals surface area contributed by atoms with E-state index < -0.39 is 0 Å². The maximum Gasteiger partial charge on any atom is 0.251 e. The summed E-state index contributed by atoms with van der Waals surface area (Å²) >= 11 is 0. The molecule has 0 bridgehead atoms. The maximum atomic E-state index is 12.4. The van der Waals surface area contributed by atoms with Crippen molar-refractivity contribution in [3.63, 3.8) is 0 Å². The van der Waals surface area contributed by atoms with Gasteiger partial charge in [-0.25, -0.2) is 0 Å². The third-order valence-corrected chi connectivity index (χ3v) is 5.26. The van der Waals surface area contributed by atoms with Crippen LogP contribution in [-0.2, 0) is 16.0 Å². The molecular formula is C22H25N3O3. The van der Waals surface area contributed by atoms with Crippen molar-refractivity contribution in [1.82, 2.24) is 5.32 Å². The summed E-state index contributed by atoms with van der Waals surface area (Å²) in [5.41, 5.74) is 3.68. The number of ether oxygens (including phenoxy) is 1. The molecule has 2 aliphatic rings. The zero-order valence-electron chi connectivity index (χ0n) is 15.8. The second kappa shape index (κ2) is 8.44. The number of carbonyl (C=O) groups is 2. The van der Waals surface area contributed by atoms with Gasteiger partial charge in [-0.2, -0.15) is 0 Å². The number of nitrogens with zero attached hydrogens (tertiary/aromatic N) is 1. The highest BCUT2D eigenvalue weighted by molar-refractivity contribution is 5.97. The van der Waals surface area contributed by atoms with Gasteiger partial charge in [0.05, 0.1) is 12.6 Å². The van der Waals surface area contributed by atoms with E-state index in [-0.39, 0.29) is 17.9 Å². The minimum atomic E-state index is -0.123. The molecule has 2 aromatic rings. The fourth-order valence-corrected chi connectivity index (χ4v) is 3.76. The lowest BCUT2D eigenvalue weighted by Gasteiger charge is -2.18. The summed E-state index contributed by atoms with van der Waals surface area (Å²) in [5.74, 6) is -0.186. The first-order chi connectivity index (χ1) is 13.7. The Morgan fingerprint density at radius 1 is 1.11 bits per heavy atom. The molecule has 4 rings (SSSR count). The summed E-state index contributed by atoms with van der Waals surface area (Å²) in [4.78, 5) is 26.7. The molecule has 2 aromatic carbocycles. The Morgan fingerprint density at radius 3 is 2.71 bits per heavy atom. The largest absolute Gasteiger partial charge is 0.376 e. The van der Waals surface area contributed by atoms with Gasteiger partial charge in [0.25, 0.3) is 5.91 Å². The molecule has 0 aliphatic carbocycles. The molecule has 1 atom stereocenters. The van der Waals surface area contributed by atoms with Crippen molar-refractivity contribution >= 4 is 23.2 Å². The summed E-state index contributed by atoms with van der Waals surface area (Å²) in [5, 5.41) is 5.81. The fourth-order valence-electron chi connectivity index (χ4n) is 3.76. The van der Waals surface area contributed by atoms with Gasteiger partial charge in [0.2, 0.25) is 5.91 Å². The molecule has 0 spiro atoms. The number of fused-ring (bicyclic) bond motifs is 1. The Morgan fingerprint density at radius 2 is 1.93 bits per heavy atom. The van der Waals surface area contributed by atoms with Gasteiger partial charge >= 0.3 is 0 Å². The zero-order chi connectivity index (χ0) is 19.3. The lowest BCUT2D eigenvalue weighted by Crippen LogP contribution is -2.32. The van der Waals surface area contributed by atoms with E-state index in [2.05, 4.69) is 27.7 Å². The van der Waals surface area contributed by atoms with Gasteiger partial charge < -0.3 is 20.3 Å². The number of nitrogens with one attached hydrogen (secondary N) is 2. The van der Waals surface area contributed by atoms with E-state index in [4.69, 9.17) is 4.74 Å². The molecule has 0 aromatic heterocycles. The molecule has 1 unspecified atom stereocenters. The number of carbonyl (C=O) groups excluding carboxylic acids is 2. The Kier molecular flexibility index (Phi) is 5.58. The van der Waals surface area contributed by atoms with E-state index in [0.717, 1.165) is 38.1 Å². The van der Waals surface area contributed by atoms with E-state index in [9.17, 15) is 9.59 Å². The van der Waals surface area contributed by atoms with Crippen molar-refractivity contribution in [2.75, 3.05) is 36.5 Å². The zero-order valence-corrected chi connectivity index (χ0v) is 15.8. The van der Waals surface area contributed by atoms with Crippen molar-refractivity contribution in [1.29, 1.82) is 0 Å². The molecule has 0 radical (unpaired) electrons. The Balaban J connectivity index is 1.28. The van der Waals surface area contributed by atoms with Crippen molar-refractivity contribution < 1.29 is 14.3 Å². The van der Waals surface area contributed by atoms with Crippen LogP contribution < -0.4 is 15.5 Å². The summed E-state index contributed by atoms with van der Waals surface area (Å²) in [7, 11) is 0. The van der Waals surface area contributed by atoms with Gasteiger partial charge in [0.1, 0.15) is 0 Å². The number of hydrogen-bond donors (Lipinski definition) is 2. The maximum absolute atomic E-state index is 12.4. The predicted octanol–water partition coefficient (Wildman–Crippen LogP) is 2.60. The van der Waals surface area contributed by atoms with Crippen LogP contribution in [0.3, 0.4) is 0 Å². The summed E-state index contributed by atoms with van der Waals surface area (Å²) in [6, 6.07) is 15.2. The van der Waals surface area contributed by atoms with Gasteiger partial charge in [0.15, 0.2) is 0 Å². The molecule has 2 N–H and O–H groups in total. The SMILES string of the molecule is O=C(CN1CCc2ccccc21)Nc1ccc(C(=O)NCC2CCCO2)cc1. The van der Waals surface area contributed by atoms with Crippen LogP contribution in [0.1, 0.15) is 28.8 Å². The minimum Gasteiger partial charge on any atom is -0.376 e. The average Bonchev–Trinajstić information content (AvgIpc) is 3.37. The number of anilines is 2. The quantitative estimate of drug-likeness (QED) is 0.809. The topological polar surface area (TPSA) is 70.7 Å². The molecule has 2 aliphatic heterocycles. The van der Waals surface area contributed by atoms with Crippen LogP contribution in [0.25, 0.3) is 0 Å². The molecule has 1 saturated heterocycles. The number of benzene rings is 2. The molecule has 0 saturated carbocycles. The molecule has 28 heavy (non-hydrogen) atoms. The van der Waals surface area contributed by atoms with Crippen molar-refractivity contribution in [2.45, 2.75) is 25.4 Å². The molecular weight excluding hydrogens is 354 g/mol. The normalized spacial score (nSPS) is 18.0. The van der Waals surface area contributed by atoms with Crippen LogP contribution >= 0.6 is 0 Å². The number of hydrogen-bond acceptors (Lipinski definition) is 4. The van der Waals surface area contributed by atoms with Crippen molar-refractivity contribution in [3.8, 4) is 0 Å². The van der Waals surface area contributed by atoms with Gasteiger partial charge in [-0.05, 0) is 55.2 Å². The molecule has 2 amide bonds. The molecule has 146 valence electrons. The first-order valence-corrected chi connectivity index (χ1v) is 9.81. The van der Waals surface area contributed by atoms with E-state index in [0.29, 0.717) is 24.3 Å². The lowest BCUT2D eigenvalue weighted by atomic mass is 10.2. The fraction of sp³-hybridized carbons (Fsp3) is 0.364. The van der Waals surface area contributed by atoms with Crippen LogP contribution in [0.15, 0.2) is 48.5 Å². The van der Waals surface area contributed by atoms with Gasteiger partial charge in [-0.1, -0.05) is 18.2 Å². The highest BCUT2D eigenvalue weighted by Crippen LogP contribution is 2.27. The van der Waals surface area contributed by atoms with Gasteiger partial charge in [-0.3, -0.25) is 9.59 Å². The number of para-hydroxylation sites is 1. The minimum absolute atomic E-state index is 0.0627. The van der Waals surface area contributed by atoms with E-state index in [1.807, 2.05) is 12.1 Å².